The van der Waals surface area contributed by atoms with Crippen molar-refractivity contribution in [2.75, 3.05) is 20.3 Å². The summed E-state index contributed by atoms with van der Waals surface area (Å²) in [6, 6.07) is 4.11. The average Bonchev–Trinajstić information content (AvgIpc) is 2.30. The number of hydrogen-bond donors (Lipinski definition) is 1. The summed E-state index contributed by atoms with van der Waals surface area (Å²) in [4.78, 5) is 0. The number of methoxy groups -OCH3 is 1. The Hall–Kier alpha value is -1.22. The van der Waals surface area contributed by atoms with Gasteiger partial charge < -0.3 is 15.2 Å². The van der Waals surface area contributed by atoms with Gasteiger partial charge in [-0.15, -0.1) is 0 Å². The molecule has 0 aromatic heterocycles. The molecule has 0 amide bonds. The number of ether oxygens (including phenoxy) is 2. The molecule has 3 nitrogen and oxygen atoms in total. The summed E-state index contributed by atoms with van der Waals surface area (Å²) >= 11 is 0. The molecule has 0 bridgehead atoms. The van der Waals surface area contributed by atoms with Crippen molar-refractivity contribution in [3.63, 3.8) is 0 Å². The van der Waals surface area contributed by atoms with Crippen LogP contribution in [-0.2, 0) is 0 Å². The van der Waals surface area contributed by atoms with Gasteiger partial charge in [0, 0.05) is 5.56 Å². The Morgan fingerprint density at radius 2 is 1.94 bits per heavy atom. The second kappa shape index (κ2) is 6.50. The molecule has 1 aromatic rings. The first-order valence-electron chi connectivity index (χ1n) is 6.11. The molecule has 0 unspecified atom stereocenters. The van der Waals surface area contributed by atoms with E-state index in [1.807, 2.05) is 13.0 Å². The van der Waals surface area contributed by atoms with Crippen molar-refractivity contribution in [1.82, 2.24) is 0 Å². The number of aryl methyl sites for hydroxylation is 1. The fourth-order valence-corrected chi connectivity index (χ4v) is 1.73. The molecule has 96 valence electrons. The summed E-state index contributed by atoms with van der Waals surface area (Å²) in [6.45, 7) is 7.66. The van der Waals surface area contributed by atoms with E-state index in [0.717, 1.165) is 23.5 Å². The van der Waals surface area contributed by atoms with E-state index in [9.17, 15) is 0 Å². The smallest absolute Gasteiger partial charge is 0.122 e. The molecule has 3 heteroatoms. The molecule has 1 rings (SSSR count). The molecule has 0 saturated heterocycles. The van der Waals surface area contributed by atoms with Crippen LogP contribution in [0.5, 0.6) is 11.5 Å². The Balaban J connectivity index is 2.94. The van der Waals surface area contributed by atoms with Crippen LogP contribution in [0.3, 0.4) is 0 Å². The lowest BCUT2D eigenvalue weighted by atomic mass is 10.00. The van der Waals surface area contributed by atoms with Crippen molar-refractivity contribution in [3.8, 4) is 11.5 Å². The molecule has 0 heterocycles. The maximum Gasteiger partial charge on any atom is 0.122 e. The highest BCUT2D eigenvalue weighted by molar-refractivity contribution is 5.47. The van der Waals surface area contributed by atoms with Gasteiger partial charge in [-0.3, -0.25) is 0 Å². The van der Waals surface area contributed by atoms with Crippen LogP contribution in [0.15, 0.2) is 12.1 Å². The molecule has 0 saturated carbocycles. The fraction of sp³-hybridized carbons (Fsp3) is 0.571. The Bertz CT molecular complexity index is 361. The van der Waals surface area contributed by atoms with Gasteiger partial charge in [0.25, 0.3) is 0 Å². The van der Waals surface area contributed by atoms with Gasteiger partial charge in [-0.05, 0) is 43.5 Å². The van der Waals surface area contributed by atoms with Crippen LogP contribution in [0.25, 0.3) is 0 Å². The van der Waals surface area contributed by atoms with E-state index in [4.69, 9.17) is 15.2 Å². The monoisotopic (exact) mass is 237 g/mol. The van der Waals surface area contributed by atoms with Gasteiger partial charge >= 0.3 is 0 Å². The predicted octanol–water partition coefficient (Wildman–Crippen LogP) is 2.85. The number of nitrogens with two attached hydrogens (primary N) is 1. The third-order valence-corrected chi connectivity index (χ3v) is 2.76. The minimum atomic E-state index is 0.419. The van der Waals surface area contributed by atoms with Crippen molar-refractivity contribution in [2.24, 2.45) is 5.73 Å². The molecule has 0 aliphatic rings. The van der Waals surface area contributed by atoms with Gasteiger partial charge in [0.05, 0.1) is 13.7 Å². The zero-order valence-corrected chi connectivity index (χ0v) is 11.2. The summed E-state index contributed by atoms with van der Waals surface area (Å²) in [5.74, 6) is 2.29. The standard InChI is InChI=1S/C14H23NO2/c1-10(2)12-9-13(17-7-5-6-15)11(3)8-14(12)16-4/h8-10H,5-7,15H2,1-4H3. The molecule has 17 heavy (non-hydrogen) atoms. The normalized spacial score (nSPS) is 10.7. The van der Waals surface area contributed by atoms with Gasteiger partial charge in [-0.1, -0.05) is 13.8 Å². The maximum atomic E-state index is 5.73. The fourth-order valence-electron chi connectivity index (χ4n) is 1.73. The highest BCUT2D eigenvalue weighted by Crippen LogP contribution is 2.33. The first kappa shape index (κ1) is 13.8. The second-order valence-electron chi connectivity index (χ2n) is 4.51. The van der Waals surface area contributed by atoms with Crippen LogP contribution in [-0.4, -0.2) is 20.3 Å². The Kier molecular flexibility index (Phi) is 5.29. The quantitative estimate of drug-likeness (QED) is 0.774. The number of hydrogen-bond acceptors (Lipinski definition) is 3. The molecule has 1 aromatic carbocycles. The first-order chi connectivity index (χ1) is 8.10. The van der Waals surface area contributed by atoms with E-state index in [1.54, 1.807) is 7.11 Å². The minimum absolute atomic E-state index is 0.419. The minimum Gasteiger partial charge on any atom is -0.496 e. The number of rotatable bonds is 6. The van der Waals surface area contributed by atoms with E-state index >= 15 is 0 Å². The first-order valence-corrected chi connectivity index (χ1v) is 6.11. The third kappa shape index (κ3) is 3.63. The van der Waals surface area contributed by atoms with E-state index < -0.39 is 0 Å². The largest absolute Gasteiger partial charge is 0.496 e. The maximum absolute atomic E-state index is 5.73. The van der Waals surface area contributed by atoms with Gasteiger partial charge in [-0.2, -0.15) is 0 Å². The summed E-state index contributed by atoms with van der Waals surface area (Å²) in [6.07, 6.45) is 0.877. The predicted molar refractivity (Wildman–Crippen MR) is 71.0 cm³/mol. The van der Waals surface area contributed by atoms with Crippen LogP contribution in [0.1, 0.15) is 37.3 Å². The van der Waals surface area contributed by atoms with Crippen LogP contribution < -0.4 is 15.2 Å². The molecule has 0 radical (unpaired) electrons. The van der Waals surface area contributed by atoms with E-state index in [-0.39, 0.29) is 0 Å². The van der Waals surface area contributed by atoms with Gasteiger partial charge in [0.2, 0.25) is 0 Å². The lowest BCUT2D eigenvalue weighted by Crippen LogP contribution is -2.07. The topological polar surface area (TPSA) is 44.5 Å². The second-order valence-corrected chi connectivity index (χ2v) is 4.51. The lowest BCUT2D eigenvalue weighted by Gasteiger charge is -2.16. The van der Waals surface area contributed by atoms with Gasteiger partial charge in [0.15, 0.2) is 0 Å². The van der Waals surface area contributed by atoms with E-state index in [1.165, 1.54) is 5.56 Å². The molecular weight excluding hydrogens is 214 g/mol. The summed E-state index contributed by atoms with van der Waals surface area (Å²) in [5.41, 5.74) is 7.74. The van der Waals surface area contributed by atoms with Crippen molar-refractivity contribution in [3.05, 3.63) is 23.3 Å². The van der Waals surface area contributed by atoms with Crippen LogP contribution >= 0.6 is 0 Å². The summed E-state index contributed by atoms with van der Waals surface area (Å²) in [5, 5.41) is 0. The third-order valence-electron chi connectivity index (χ3n) is 2.76. The number of benzene rings is 1. The summed E-state index contributed by atoms with van der Waals surface area (Å²) < 4.78 is 11.1. The van der Waals surface area contributed by atoms with Gasteiger partial charge in [0.1, 0.15) is 11.5 Å². The van der Waals surface area contributed by atoms with Crippen LogP contribution in [0.4, 0.5) is 0 Å². The zero-order chi connectivity index (χ0) is 12.8. The molecule has 2 N–H and O–H groups in total. The van der Waals surface area contributed by atoms with Gasteiger partial charge in [-0.25, -0.2) is 0 Å². The van der Waals surface area contributed by atoms with Crippen molar-refractivity contribution >= 4 is 0 Å². The molecule has 0 aliphatic heterocycles. The molecule has 0 fully saturated rings. The zero-order valence-electron chi connectivity index (χ0n) is 11.2. The average molecular weight is 237 g/mol. The van der Waals surface area contributed by atoms with E-state index in [0.29, 0.717) is 19.1 Å². The highest BCUT2D eigenvalue weighted by Gasteiger charge is 2.11. The Morgan fingerprint density at radius 1 is 1.24 bits per heavy atom. The molecule has 0 atom stereocenters. The van der Waals surface area contributed by atoms with Crippen LogP contribution in [0, 0.1) is 6.92 Å². The Morgan fingerprint density at radius 3 is 2.47 bits per heavy atom. The highest BCUT2D eigenvalue weighted by atomic mass is 16.5. The van der Waals surface area contributed by atoms with Crippen molar-refractivity contribution in [1.29, 1.82) is 0 Å². The SMILES string of the molecule is COc1cc(C)c(OCCCN)cc1C(C)C. The molecule has 0 aliphatic carbocycles. The van der Waals surface area contributed by atoms with Crippen molar-refractivity contribution < 1.29 is 9.47 Å². The molecule has 0 spiro atoms. The molecular formula is C14H23NO2. The Labute approximate surface area is 104 Å². The van der Waals surface area contributed by atoms with Crippen molar-refractivity contribution in [2.45, 2.75) is 33.1 Å². The summed E-state index contributed by atoms with van der Waals surface area (Å²) in [7, 11) is 1.70. The van der Waals surface area contributed by atoms with Crippen LogP contribution in [0.2, 0.25) is 0 Å². The van der Waals surface area contributed by atoms with E-state index in [2.05, 4.69) is 19.9 Å². The lowest BCUT2D eigenvalue weighted by molar-refractivity contribution is 0.309.